The maximum absolute atomic E-state index is 13.2. The SMILES string of the molecule is C#CCNCc1c(F)cc(C#N)cc1F. The maximum atomic E-state index is 13.2. The van der Waals surface area contributed by atoms with Gasteiger partial charge in [-0.15, -0.1) is 6.42 Å². The normalized spacial score (nSPS) is 9.33. The Hall–Kier alpha value is -1.91. The van der Waals surface area contributed by atoms with Crippen LogP contribution in [0.1, 0.15) is 11.1 Å². The molecule has 1 N–H and O–H groups in total. The Morgan fingerprint density at radius 1 is 1.33 bits per heavy atom. The fourth-order valence-corrected chi connectivity index (χ4v) is 1.10. The van der Waals surface area contributed by atoms with Crippen LogP contribution in [-0.4, -0.2) is 6.54 Å². The molecule has 0 bridgehead atoms. The lowest BCUT2D eigenvalue weighted by Gasteiger charge is -2.05. The average molecular weight is 206 g/mol. The Bertz CT molecular complexity index is 418. The van der Waals surface area contributed by atoms with Crippen molar-refractivity contribution in [3.63, 3.8) is 0 Å². The summed E-state index contributed by atoms with van der Waals surface area (Å²) in [5, 5.41) is 11.1. The zero-order chi connectivity index (χ0) is 11.3. The van der Waals surface area contributed by atoms with Gasteiger partial charge < -0.3 is 5.32 Å². The summed E-state index contributed by atoms with van der Waals surface area (Å²) in [5.41, 5.74) is -0.144. The molecule has 0 aliphatic heterocycles. The van der Waals surface area contributed by atoms with Crippen LogP contribution in [-0.2, 0) is 6.54 Å². The van der Waals surface area contributed by atoms with Crippen molar-refractivity contribution >= 4 is 0 Å². The first kappa shape index (κ1) is 11.2. The van der Waals surface area contributed by atoms with E-state index < -0.39 is 11.6 Å². The second-order valence-electron chi connectivity index (χ2n) is 2.84. The van der Waals surface area contributed by atoms with E-state index in [2.05, 4.69) is 11.2 Å². The number of nitrogens with zero attached hydrogens (tertiary/aromatic N) is 1. The van der Waals surface area contributed by atoms with Gasteiger partial charge in [-0.1, -0.05) is 5.92 Å². The summed E-state index contributed by atoms with van der Waals surface area (Å²) in [4.78, 5) is 0. The molecule has 0 fully saturated rings. The second-order valence-corrected chi connectivity index (χ2v) is 2.84. The number of rotatable bonds is 3. The van der Waals surface area contributed by atoms with Gasteiger partial charge in [0.1, 0.15) is 11.6 Å². The van der Waals surface area contributed by atoms with E-state index in [0.717, 1.165) is 12.1 Å². The number of benzene rings is 1. The fraction of sp³-hybridized carbons (Fsp3) is 0.182. The largest absolute Gasteiger partial charge is 0.302 e. The quantitative estimate of drug-likeness (QED) is 0.601. The summed E-state index contributed by atoms with van der Waals surface area (Å²) >= 11 is 0. The molecule has 1 rings (SSSR count). The Morgan fingerprint density at radius 3 is 2.40 bits per heavy atom. The van der Waals surface area contributed by atoms with Crippen LogP contribution in [0, 0.1) is 35.3 Å². The smallest absolute Gasteiger partial charge is 0.131 e. The van der Waals surface area contributed by atoms with Gasteiger partial charge in [-0.05, 0) is 12.1 Å². The number of nitrogens with one attached hydrogen (secondary N) is 1. The molecule has 1 aromatic carbocycles. The van der Waals surface area contributed by atoms with E-state index in [9.17, 15) is 8.78 Å². The van der Waals surface area contributed by atoms with Crippen molar-refractivity contribution in [3.8, 4) is 18.4 Å². The van der Waals surface area contributed by atoms with Crippen molar-refractivity contribution < 1.29 is 8.78 Å². The fourth-order valence-electron chi connectivity index (χ4n) is 1.10. The number of hydrogen-bond donors (Lipinski definition) is 1. The third-order valence-electron chi connectivity index (χ3n) is 1.80. The van der Waals surface area contributed by atoms with E-state index in [-0.39, 0.29) is 24.2 Å². The Morgan fingerprint density at radius 2 is 1.93 bits per heavy atom. The number of halogens is 2. The van der Waals surface area contributed by atoms with Crippen LogP contribution >= 0.6 is 0 Å². The van der Waals surface area contributed by atoms with Crippen LogP contribution < -0.4 is 5.32 Å². The summed E-state index contributed by atoms with van der Waals surface area (Å²) in [5.74, 6) is 0.812. The van der Waals surface area contributed by atoms with Gasteiger partial charge in [-0.3, -0.25) is 0 Å². The van der Waals surface area contributed by atoms with Crippen molar-refractivity contribution in [2.24, 2.45) is 0 Å². The van der Waals surface area contributed by atoms with E-state index in [1.807, 2.05) is 0 Å². The molecule has 76 valence electrons. The first-order valence-corrected chi connectivity index (χ1v) is 4.21. The molecule has 0 atom stereocenters. The third kappa shape index (κ3) is 2.77. The van der Waals surface area contributed by atoms with Gasteiger partial charge >= 0.3 is 0 Å². The average Bonchev–Trinajstić information content (AvgIpc) is 2.22. The molecule has 0 saturated carbocycles. The molecule has 0 aliphatic rings. The van der Waals surface area contributed by atoms with Crippen molar-refractivity contribution in [2.45, 2.75) is 6.54 Å². The molecule has 0 spiro atoms. The molecule has 0 radical (unpaired) electrons. The third-order valence-corrected chi connectivity index (χ3v) is 1.80. The van der Waals surface area contributed by atoms with E-state index in [4.69, 9.17) is 11.7 Å². The minimum Gasteiger partial charge on any atom is -0.302 e. The zero-order valence-corrected chi connectivity index (χ0v) is 7.85. The predicted octanol–water partition coefficient (Wildman–Crippen LogP) is 1.56. The molecule has 15 heavy (non-hydrogen) atoms. The highest BCUT2D eigenvalue weighted by Crippen LogP contribution is 2.14. The lowest BCUT2D eigenvalue weighted by Crippen LogP contribution is -2.15. The molecular formula is C11H8F2N2. The van der Waals surface area contributed by atoms with Crippen LogP contribution in [0.2, 0.25) is 0 Å². The van der Waals surface area contributed by atoms with E-state index in [0.29, 0.717) is 0 Å². The standard InChI is InChI=1S/C11H8F2N2/c1-2-3-15-7-9-10(12)4-8(6-14)5-11(9)13/h1,4-5,15H,3,7H2. The molecule has 0 unspecified atom stereocenters. The maximum Gasteiger partial charge on any atom is 0.131 e. The van der Waals surface area contributed by atoms with Gasteiger partial charge in [-0.2, -0.15) is 5.26 Å². The first-order valence-electron chi connectivity index (χ1n) is 4.21. The minimum absolute atomic E-state index is 0.00752. The van der Waals surface area contributed by atoms with Crippen molar-refractivity contribution in [1.29, 1.82) is 5.26 Å². The number of hydrogen-bond acceptors (Lipinski definition) is 2. The van der Waals surface area contributed by atoms with E-state index in [1.165, 1.54) is 0 Å². The topological polar surface area (TPSA) is 35.8 Å². The van der Waals surface area contributed by atoms with Crippen LogP contribution in [0.15, 0.2) is 12.1 Å². The van der Waals surface area contributed by atoms with Gasteiger partial charge in [0, 0.05) is 12.1 Å². The molecule has 0 aliphatic carbocycles. The van der Waals surface area contributed by atoms with Gasteiger partial charge in [0.25, 0.3) is 0 Å². The van der Waals surface area contributed by atoms with E-state index in [1.54, 1.807) is 6.07 Å². The van der Waals surface area contributed by atoms with E-state index >= 15 is 0 Å². The first-order chi connectivity index (χ1) is 7.19. The molecule has 4 heteroatoms. The monoisotopic (exact) mass is 206 g/mol. The van der Waals surface area contributed by atoms with Gasteiger partial charge in [0.15, 0.2) is 0 Å². The molecule has 0 amide bonds. The van der Waals surface area contributed by atoms with Crippen LogP contribution in [0.5, 0.6) is 0 Å². The second kappa shape index (κ2) is 5.09. The summed E-state index contributed by atoms with van der Waals surface area (Å²) in [6.45, 7) is 0.243. The molecule has 0 aromatic heterocycles. The predicted molar refractivity (Wildman–Crippen MR) is 51.6 cm³/mol. The van der Waals surface area contributed by atoms with Crippen molar-refractivity contribution in [1.82, 2.24) is 5.32 Å². The molecular weight excluding hydrogens is 198 g/mol. The number of nitriles is 1. The lowest BCUT2D eigenvalue weighted by atomic mass is 10.1. The summed E-state index contributed by atoms with van der Waals surface area (Å²) in [7, 11) is 0. The summed E-state index contributed by atoms with van der Waals surface area (Å²) < 4.78 is 26.5. The molecule has 2 nitrogen and oxygen atoms in total. The lowest BCUT2D eigenvalue weighted by molar-refractivity contribution is 0.542. The van der Waals surface area contributed by atoms with Gasteiger partial charge in [-0.25, -0.2) is 8.78 Å². The Kier molecular flexibility index (Phi) is 3.79. The van der Waals surface area contributed by atoms with Crippen molar-refractivity contribution in [2.75, 3.05) is 6.54 Å². The molecule has 1 aromatic rings. The highest BCUT2D eigenvalue weighted by molar-refractivity contribution is 5.34. The molecule has 0 heterocycles. The zero-order valence-electron chi connectivity index (χ0n) is 7.85. The number of terminal acetylenes is 1. The van der Waals surface area contributed by atoms with Gasteiger partial charge in [0.05, 0.1) is 18.2 Å². The van der Waals surface area contributed by atoms with Crippen LogP contribution in [0.4, 0.5) is 8.78 Å². The summed E-state index contributed by atoms with van der Waals surface area (Å²) in [6, 6.07) is 3.66. The highest BCUT2D eigenvalue weighted by atomic mass is 19.1. The molecule has 0 saturated heterocycles. The van der Waals surface area contributed by atoms with Crippen LogP contribution in [0.3, 0.4) is 0 Å². The van der Waals surface area contributed by atoms with Gasteiger partial charge in [0.2, 0.25) is 0 Å². The summed E-state index contributed by atoms with van der Waals surface area (Å²) in [6.07, 6.45) is 4.97. The Labute approximate surface area is 86.5 Å². The van der Waals surface area contributed by atoms with Crippen molar-refractivity contribution in [3.05, 3.63) is 34.9 Å². The Balaban J connectivity index is 2.90. The van der Waals surface area contributed by atoms with Crippen LogP contribution in [0.25, 0.3) is 0 Å². The highest BCUT2D eigenvalue weighted by Gasteiger charge is 2.10. The minimum atomic E-state index is -0.740.